The number of H-pyrrole nitrogens is 1. The number of halogens is 4. The number of carbonyl (C=O) groups is 1. The molecule has 14 heteroatoms. The van der Waals surface area contributed by atoms with Crippen LogP contribution in [0.15, 0.2) is 54.7 Å². The highest BCUT2D eigenvalue weighted by atomic mass is 32.2. The predicted molar refractivity (Wildman–Crippen MR) is 139 cm³/mol. The van der Waals surface area contributed by atoms with E-state index in [2.05, 4.69) is 14.8 Å². The summed E-state index contributed by atoms with van der Waals surface area (Å²) < 4.78 is 88.4. The van der Waals surface area contributed by atoms with Crippen molar-refractivity contribution in [1.82, 2.24) is 14.8 Å². The maximum atomic E-state index is 15.2. The molecule has 0 saturated carbocycles. The van der Waals surface area contributed by atoms with Gasteiger partial charge in [0.25, 0.3) is 0 Å². The first-order chi connectivity index (χ1) is 18.8. The summed E-state index contributed by atoms with van der Waals surface area (Å²) in [6, 6.07) is 9.24. The number of ketones is 1. The van der Waals surface area contributed by atoms with Crippen molar-refractivity contribution in [1.29, 1.82) is 0 Å². The number of hydrogen-bond acceptors (Lipinski definition) is 6. The zero-order valence-corrected chi connectivity index (χ0v) is 21.5. The van der Waals surface area contributed by atoms with Gasteiger partial charge in [0.15, 0.2) is 17.4 Å². The molecule has 3 aromatic carbocycles. The second kappa shape index (κ2) is 9.72. The summed E-state index contributed by atoms with van der Waals surface area (Å²) in [6.45, 7) is 1.50. The van der Waals surface area contributed by atoms with Gasteiger partial charge in [0, 0.05) is 17.0 Å². The smallest absolute Gasteiger partial charge is 0.229 e. The van der Waals surface area contributed by atoms with Crippen LogP contribution < -0.4 is 15.2 Å². The van der Waals surface area contributed by atoms with Crippen LogP contribution >= 0.6 is 0 Å². The number of carbonyl (C=O) groups excluding carboxylic acids is 1. The number of anilines is 2. The summed E-state index contributed by atoms with van der Waals surface area (Å²) >= 11 is 0. The third kappa shape index (κ3) is 4.96. The van der Waals surface area contributed by atoms with E-state index in [4.69, 9.17) is 10.5 Å². The first kappa shape index (κ1) is 26.7. The van der Waals surface area contributed by atoms with Gasteiger partial charge in [0.05, 0.1) is 29.4 Å². The highest BCUT2D eigenvalue weighted by Crippen LogP contribution is 2.32. The number of nitrogens with two attached hydrogens (primary N) is 1. The van der Waals surface area contributed by atoms with Crippen molar-refractivity contribution in [2.24, 2.45) is 0 Å². The molecule has 40 heavy (non-hydrogen) atoms. The normalized spacial score (nSPS) is 11.7. The molecular formula is C26H19F4N5O4S. The highest BCUT2D eigenvalue weighted by molar-refractivity contribution is 7.92. The van der Waals surface area contributed by atoms with Crippen LogP contribution in [0.1, 0.15) is 21.6 Å². The SMILES string of the molecule is Cc1cc(Oc2cccc(F)c2F)cc(F)c1-n1ncc(C(=O)c2cc3cc(F)c(NS(C)(=O)=O)cc3[nH]2)c1N. The van der Waals surface area contributed by atoms with Gasteiger partial charge in [-0.1, -0.05) is 6.07 Å². The molecule has 0 spiro atoms. The van der Waals surface area contributed by atoms with E-state index < -0.39 is 44.8 Å². The minimum Gasteiger partial charge on any atom is -0.454 e. The first-order valence-electron chi connectivity index (χ1n) is 11.4. The summed E-state index contributed by atoms with van der Waals surface area (Å²) in [6.07, 6.45) is 2.00. The molecule has 0 amide bonds. The second-order valence-electron chi connectivity index (χ2n) is 8.89. The fourth-order valence-corrected chi connectivity index (χ4v) is 4.69. The summed E-state index contributed by atoms with van der Waals surface area (Å²) in [5, 5.41) is 4.34. The Morgan fingerprint density at radius 1 is 1.05 bits per heavy atom. The summed E-state index contributed by atoms with van der Waals surface area (Å²) in [5.41, 5.74) is 6.18. The molecule has 5 rings (SSSR count). The van der Waals surface area contributed by atoms with Gasteiger partial charge in [-0.2, -0.15) is 9.49 Å². The Morgan fingerprint density at radius 3 is 2.50 bits per heavy atom. The molecule has 2 heterocycles. The predicted octanol–water partition coefficient (Wildman–Crippen LogP) is 5.20. The van der Waals surface area contributed by atoms with Gasteiger partial charge in [-0.15, -0.1) is 0 Å². The zero-order chi connectivity index (χ0) is 28.9. The minimum absolute atomic E-state index is 0.00443. The summed E-state index contributed by atoms with van der Waals surface area (Å²) in [4.78, 5) is 16.0. The molecule has 0 unspecified atom stereocenters. The average Bonchev–Trinajstić information content (AvgIpc) is 3.44. The van der Waals surface area contributed by atoms with Gasteiger partial charge in [-0.3, -0.25) is 9.52 Å². The Morgan fingerprint density at radius 2 is 1.80 bits per heavy atom. The number of nitrogens with one attached hydrogen (secondary N) is 2. The standard InChI is InChI=1S/C26H19F4N5O4S/c1-12-6-14(39-22-5-3-4-16(27)23(22)30)9-18(29)24(12)35-26(31)15(11-32-35)25(36)21-8-13-7-17(28)20(10-19(13)33-21)34-40(2,37)38/h3-11,33-34H,31H2,1-2H3. The number of hydrogen-bond donors (Lipinski definition) is 3. The van der Waals surface area contributed by atoms with E-state index >= 15 is 4.39 Å². The maximum absolute atomic E-state index is 15.2. The third-order valence-corrected chi connectivity index (χ3v) is 6.47. The van der Waals surface area contributed by atoms with Crippen molar-refractivity contribution in [2.45, 2.75) is 6.92 Å². The molecule has 0 fully saturated rings. The number of aromatic amines is 1. The lowest BCUT2D eigenvalue weighted by Crippen LogP contribution is -2.10. The first-order valence-corrected chi connectivity index (χ1v) is 13.3. The van der Waals surface area contributed by atoms with E-state index in [9.17, 15) is 26.4 Å². The van der Waals surface area contributed by atoms with Gasteiger partial charge in [-0.25, -0.2) is 26.3 Å². The number of benzene rings is 3. The Bertz CT molecular complexity index is 1910. The van der Waals surface area contributed by atoms with Crippen LogP contribution in [0.2, 0.25) is 0 Å². The number of nitrogens with zero attached hydrogens (tertiary/aromatic N) is 2. The van der Waals surface area contributed by atoms with Crippen molar-refractivity contribution < 1.29 is 35.5 Å². The molecule has 9 nitrogen and oxygen atoms in total. The van der Waals surface area contributed by atoms with Crippen molar-refractivity contribution in [3.63, 3.8) is 0 Å². The molecule has 4 N–H and O–H groups in total. The number of rotatable bonds is 7. The Kier molecular flexibility index (Phi) is 6.50. The largest absolute Gasteiger partial charge is 0.454 e. The van der Waals surface area contributed by atoms with Crippen LogP contribution in [0.25, 0.3) is 16.6 Å². The number of aromatic nitrogens is 3. The minimum atomic E-state index is -3.75. The molecule has 0 atom stereocenters. The van der Waals surface area contributed by atoms with E-state index in [-0.39, 0.29) is 50.7 Å². The Labute approximate surface area is 224 Å². The average molecular weight is 574 g/mol. The summed E-state index contributed by atoms with van der Waals surface area (Å²) in [5.74, 6) is -5.46. The van der Waals surface area contributed by atoms with Crippen LogP contribution in [0.4, 0.5) is 29.1 Å². The van der Waals surface area contributed by atoms with Crippen LogP contribution in [0, 0.1) is 30.2 Å². The van der Waals surface area contributed by atoms with Crippen LogP contribution in [0.5, 0.6) is 11.5 Å². The van der Waals surface area contributed by atoms with Gasteiger partial charge < -0.3 is 15.5 Å². The van der Waals surface area contributed by atoms with E-state index in [1.807, 2.05) is 0 Å². The molecule has 0 aliphatic rings. The van der Waals surface area contributed by atoms with Gasteiger partial charge in [0.1, 0.15) is 23.1 Å². The lowest BCUT2D eigenvalue weighted by molar-refractivity contribution is 0.103. The van der Waals surface area contributed by atoms with Gasteiger partial charge in [-0.05, 0) is 48.9 Å². The summed E-state index contributed by atoms with van der Waals surface area (Å²) in [7, 11) is -3.75. The number of ether oxygens (including phenoxy) is 1. The monoisotopic (exact) mass is 573 g/mol. The van der Waals surface area contributed by atoms with Crippen LogP contribution in [0.3, 0.4) is 0 Å². The quantitative estimate of drug-likeness (QED) is 0.181. The molecule has 5 aromatic rings. The fraction of sp³-hybridized carbons (Fsp3) is 0.0769. The lowest BCUT2D eigenvalue weighted by atomic mass is 10.1. The number of sulfonamides is 1. The molecule has 0 aliphatic heterocycles. The topological polar surface area (TPSA) is 132 Å². The van der Waals surface area contributed by atoms with Crippen molar-refractivity contribution in [2.75, 3.05) is 16.7 Å². The molecule has 0 saturated heterocycles. The van der Waals surface area contributed by atoms with E-state index in [0.717, 1.165) is 35.3 Å². The van der Waals surface area contributed by atoms with E-state index in [1.54, 1.807) is 0 Å². The van der Waals surface area contributed by atoms with Crippen molar-refractivity contribution in [3.8, 4) is 17.2 Å². The van der Waals surface area contributed by atoms with Crippen molar-refractivity contribution >= 4 is 38.2 Å². The zero-order valence-electron chi connectivity index (χ0n) is 20.7. The fourth-order valence-electron chi connectivity index (χ4n) is 4.13. The number of fused-ring (bicyclic) bond motifs is 1. The van der Waals surface area contributed by atoms with Gasteiger partial charge >= 0.3 is 0 Å². The lowest BCUT2D eigenvalue weighted by Gasteiger charge is -2.13. The van der Waals surface area contributed by atoms with E-state index in [1.165, 1.54) is 37.3 Å². The number of aryl methyl sites for hydroxylation is 1. The molecular weight excluding hydrogens is 554 g/mol. The molecule has 2 aromatic heterocycles. The maximum Gasteiger partial charge on any atom is 0.229 e. The molecule has 206 valence electrons. The van der Waals surface area contributed by atoms with Gasteiger partial charge in [0.2, 0.25) is 21.6 Å². The highest BCUT2D eigenvalue weighted by Gasteiger charge is 2.23. The second-order valence-corrected chi connectivity index (χ2v) is 10.6. The third-order valence-electron chi connectivity index (χ3n) is 5.88. The molecule has 0 aliphatic carbocycles. The molecule has 0 bridgehead atoms. The van der Waals surface area contributed by atoms with Crippen LogP contribution in [-0.4, -0.2) is 35.2 Å². The Hall–Kier alpha value is -4.85. The van der Waals surface area contributed by atoms with Crippen LogP contribution in [-0.2, 0) is 10.0 Å². The number of nitrogen functional groups attached to an aromatic ring is 1. The molecule has 0 radical (unpaired) electrons. The van der Waals surface area contributed by atoms with Crippen molar-refractivity contribution in [3.05, 3.63) is 94.8 Å². The Balaban J connectivity index is 1.46. The van der Waals surface area contributed by atoms with E-state index in [0.29, 0.717) is 0 Å².